The van der Waals surface area contributed by atoms with Crippen LogP contribution in [0.1, 0.15) is 31.4 Å². The summed E-state index contributed by atoms with van der Waals surface area (Å²) in [7, 11) is 0. The Bertz CT molecular complexity index is 580. The number of hydrogen-bond acceptors (Lipinski definition) is 5. The Labute approximate surface area is 129 Å². The first kappa shape index (κ1) is 14.9. The van der Waals surface area contributed by atoms with Gasteiger partial charge in [-0.05, 0) is 55.9 Å². The third-order valence-electron chi connectivity index (χ3n) is 4.15. The van der Waals surface area contributed by atoms with Crippen molar-refractivity contribution in [1.82, 2.24) is 15.2 Å². The molecule has 2 aromatic heterocycles. The number of rotatable bonds is 6. The molecule has 1 aliphatic heterocycles. The van der Waals surface area contributed by atoms with Crippen molar-refractivity contribution in [1.29, 1.82) is 0 Å². The average molecular weight is 305 g/mol. The lowest BCUT2D eigenvalue weighted by atomic mass is 10.1. The lowest BCUT2D eigenvalue weighted by Crippen LogP contribution is -2.37. The standard InChI is InChI=1S/C16H23N3OS/c1-12(13-8-16-15(18-9-13)4-7-21-16)17-10-14(20)11-19-5-2-3-6-19/h4,7-9,12,14,17,20H,2-3,5-6,10-11H2,1H3. The summed E-state index contributed by atoms with van der Waals surface area (Å²) in [5.41, 5.74) is 2.24. The minimum Gasteiger partial charge on any atom is -0.390 e. The van der Waals surface area contributed by atoms with Gasteiger partial charge in [0.15, 0.2) is 0 Å². The molecule has 0 spiro atoms. The van der Waals surface area contributed by atoms with Crippen molar-refractivity contribution in [3.05, 3.63) is 29.3 Å². The fourth-order valence-corrected chi connectivity index (χ4v) is 3.65. The Kier molecular flexibility index (Phi) is 4.85. The van der Waals surface area contributed by atoms with Crippen molar-refractivity contribution >= 4 is 21.6 Å². The minimum absolute atomic E-state index is 0.206. The number of aliphatic hydroxyl groups is 1. The zero-order chi connectivity index (χ0) is 14.7. The van der Waals surface area contributed by atoms with Crippen molar-refractivity contribution in [3.8, 4) is 0 Å². The van der Waals surface area contributed by atoms with E-state index in [1.807, 2.05) is 12.3 Å². The highest BCUT2D eigenvalue weighted by Crippen LogP contribution is 2.22. The van der Waals surface area contributed by atoms with Crippen LogP contribution >= 0.6 is 11.3 Å². The van der Waals surface area contributed by atoms with Gasteiger partial charge in [-0.1, -0.05) is 0 Å². The molecule has 0 radical (unpaired) electrons. The maximum absolute atomic E-state index is 10.1. The number of aliphatic hydroxyl groups excluding tert-OH is 1. The van der Waals surface area contributed by atoms with Gasteiger partial charge in [-0.15, -0.1) is 11.3 Å². The van der Waals surface area contributed by atoms with E-state index in [9.17, 15) is 5.11 Å². The number of nitrogens with zero attached hydrogens (tertiary/aromatic N) is 2. The summed E-state index contributed by atoms with van der Waals surface area (Å²) >= 11 is 1.72. The second-order valence-electron chi connectivity index (χ2n) is 5.86. The zero-order valence-electron chi connectivity index (χ0n) is 12.5. The molecule has 0 aromatic carbocycles. The highest BCUT2D eigenvalue weighted by molar-refractivity contribution is 7.17. The van der Waals surface area contributed by atoms with Crippen LogP contribution in [-0.4, -0.2) is 47.3 Å². The first-order chi connectivity index (χ1) is 10.2. The van der Waals surface area contributed by atoms with Crippen molar-refractivity contribution in [2.45, 2.75) is 31.9 Å². The van der Waals surface area contributed by atoms with Crippen LogP contribution < -0.4 is 5.32 Å². The number of hydrogen-bond donors (Lipinski definition) is 2. The van der Waals surface area contributed by atoms with E-state index in [1.165, 1.54) is 23.1 Å². The summed E-state index contributed by atoms with van der Waals surface area (Å²) in [5, 5.41) is 15.6. The predicted octanol–water partition coefficient (Wildman–Crippen LogP) is 2.40. The highest BCUT2D eigenvalue weighted by atomic mass is 32.1. The normalized spacial score (nSPS) is 19.1. The molecular formula is C16H23N3OS. The molecule has 1 saturated heterocycles. The number of β-amino-alcohol motifs (C(OH)–C–C–N with tert-alkyl or cyclic N) is 1. The Morgan fingerprint density at radius 2 is 2.24 bits per heavy atom. The van der Waals surface area contributed by atoms with E-state index in [0.717, 1.165) is 25.2 Å². The van der Waals surface area contributed by atoms with Crippen LogP contribution in [0.5, 0.6) is 0 Å². The molecule has 3 rings (SSSR count). The molecule has 2 aromatic rings. The zero-order valence-corrected chi connectivity index (χ0v) is 13.3. The van der Waals surface area contributed by atoms with E-state index < -0.39 is 0 Å². The molecule has 1 aliphatic rings. The second kappa shape index (κ2) is 6.83. The topological polar surface area (TPSA) is 48.4 Å². The third kappa shape index (κ3) is 3.80. The van der Waals surface area contributed by atoms with Gasteiger partial charge in [0, 0.05) is 25.3 Å². The quantitative estimate of drug-likeness (QED) is 0.860. The van der Waals surface area contributed by atoms with Crippen LogP contribution in [0.15, 0.2) is 23.7 Å². The van der Waals surface area contributed by atoms with Gasteiger partial charge in [-0.3, -0.25) is 4.98 Å². The lowest BCUT2D eigenvalue weighted by molar-refractivity contribution is 0.121. The molecule has 0 saturated carbocycles. The third-order valence-corrected chi connectivity index (χ3v) is 5.00. The van der Waals surface area contributed by atoms with E-state index in [1.54, 1.807) is 11.3 Å². The molecule has 114 valence electrons. The summed E-state index contributed by atoms with van der Waals surface area (Å²) in [6.45, 7) is 5.79. The number of fused-ring (bicyclic) bond motifs is 1. The van der Waals surface area contributed by atoms with Gasteiger partial charge in [0.1, 0.15) is 0 Å². The molecule has 3 heterocycles. The number of nitrogens with one attached hydrogen (secondary N) is 1. The number of pyridine rings is 1. The Balaban J connectivity index is 1.51. The molecule has 0 bridgehead atoms. The first-order valence-corrected chi connectivity index (χ1v) is 8.57. The molecule has 2 unspecified atom stereocenters. The first-order valence-electron chi connectivity index (χ1n) is 7.69. The second-order valence-corrected chi connectivity index (χ2v) is 6.81. The SMILES string of the molecule is CC(NCC(O)CN1CCCC1)c1cnc2ccsc2c1. The number of aromatic nitrogens is 1. The molecular weight excluding hydrogens is 282 g/mol. The van der Waals surface area contributed by atoms with Gasteiger partial charge in [-0.2, -0.15) is 0 Å². The summed E-state index contributed by atoms with van der Waals surface area (Å²) in [5.74, 6) is 0. The summed E-state index contributed by atoms with van der Waals surface area (Å²) < 4.78 is 1.22. The predicted molar refractivity (Wildman–Crippen MR) is 87.7 cm³/mol. The van der Waals surface area contributed by atoms with Gasteiger partial charge in [-0.25, -0.2) is 0 Å². The van der Waals surface area contributed by atoms with Crippen molar-refractivity contribution in [2.24, 2.45) is 0 Å². The van der Waals surface area contributed by atoms with E-state index in [0.29, 0.717) is 6.54 Å². The molecule has 21 heavy (non-hydrogen) atoms. The van der Waals surface area contributed by atoms with Crippen molar-refractivity contribution in [2.75, 3.05) is 26.2 Å². The van der Waals surface area contributed by atoms with Crippen molar-refractivity contribution < 1.29 is 5.11 Å². The van der Waals surface area contributed by atoms with Crippen LogP contribution in [0, 0.1) is 0 Å². The van der Waals surface area contributed by atoms with E-state index in [-0.39, 0.29) is 12.1 Å². The van der Waals surface area contributed by atoms with Crippen molar-refractivity contribution in [3.63, 3.8) is 0 Å². The number of thiophene rings is 1. The summed E-state index contributed by atoms with van der Waals surface area (Å²) in [4.78, 5) is 6.82. The van der Waals surface area contributed by atoms with E-state index in [4.69, 9.17) is 0 Å². The van der Waals surface area contributed by atoms with Gasteiger partial charge >= 0.3 is 0 Å². The van der Waals surface area contributed by atoms with Gasteiger partial charge in [0.05, 0.1) is 16.3 Å². The summed E-state index contributed by atoms with van der Waals surface area (Å²) in [6.07, 6.45) is 4.16. The van der Waals surface area contributed by atoms with Crippen LogP contribution in [-0.2, 0) is 0 Å². The minimum atomic E-state index is -0.302. The van der Waals surface area contributed by atoms with Gasteiger partial charge in [0.25, 0.3) is 0 Å². The lowest BCUT2D eigenvalue weighted by Gasteiger charge is -2.21. The largest absolute Gasteiger partial charge is 0.390 e. The molecule has 5 heteroatoms. The fourth-order valence-electron chi connectivity index (χ4n) is 2.86. The average Bonchev–Trinajstić information content (AvgIpc) is 3.14. The Morgan fingerprint density at radius 1 is 1.43 bits per heavy atom. The van der Waals surface area contributed by atoms with Crippen LogP contribution in [0.25, 0.3) is 10.2 Å². The molecule has 4 nitrogen and oxygen atoms in total. The molecule has 1 fully saturated rings. The maximum atomic E-state index is 10.1. The molecule has 2 atom stereocenters. The highest BCUT2D eigenvalue weighted by Gasteiger charge is 2.16. The smallest absolute Gasteiger partial charge is 0.0809 e. The Morgan fingerprint density at radius 3 is 3.05 bits per heavy atom. The van der Waals surface area contributed by atoms with Gasteiger partial charge < -0.3 is 15.3 Å². The van der Waals surface area contributed by atoms with Crippen LogP contribution in [0.3, 0.4) is 0 Å². The van der Waals surface area contributed by atoms with E-state index in [2.05, 4.69) is 33.6 Å². The Hall–Kier alpha value is -1.01. The van der Waals surface area contributed by atoms with E-state index >= 15 is 0 Å². The van der Waals surface area contributed by atoms with Crippen LogP contribution in [0.4, 0.5) is 0 Å². The summed E-state index contributed by atoms with van der Waals surface area (Å²) in [6, 6.07) is 4.44. The number of likely N-dealkylation sites (tertiary alicyclic amines) is 1. The molecule has 0 aliphatic carbocycles. The van der Waals surface area contributed by atoms with Gasteiger partial charge in [0.2, 0.25) is 0 Å². The maximum Gasteiger partial charge on any atom is 0.0809 e. The van der Waals surface area contributed by atoms with Crippen LogP contribution in [0.2, 0.25) is 0 Å². The molecule has 2 N–H and O–H groups in total. The molecule has 0 amide bonds. The fraction of sp³-hybridized carbons (Fsp3) is 0.562. The monoisotopic (exact) mass is 305 g/mol.